The number of anilines is 1. The molecule has 3 rings (SSSR count). The van der Waals surface area contributed by atoms with E-state index in [0.29, 0.717) is 35.6 Å². The Kier molecular flexibility index (Phi) is 5.54. The molecule has 0 bridgehead atoms. The largest absolute Gasteiger partial charge is 0.492 e. The van der Waals surface area contributed by atoms with Gasteiger partial charge in [0.15, 0.2) is 0 Å². The van der Waals surface area contributed by atoms with Crippen molar-refractivity contribution in [2.45, 2.75) is 26.7 Å². The first kappa shape index (κ1) is 18.6. The normalized spacial score (nSPS) is 12.9. The van der Waals surface area contributed by atoms with E-state index in [1.54, 1.807) is 24.3 Å². The van der Waals surface area contributed by atoms with Crippen LogP contribution in [0.5, 0.6) is 5.75 Å². The smallest absolute Gasteiger partial charge is 0.261 e. The fourth-order valence-electron chi connectivity index (χ4n) is 3.07. The van der Waals surface area contributed by atoms with E-state index in [-0.39, 0.29) is 30.7 Å². The molecular formula is C21H22N2O4. The van der Waals surface area contributed by atoms with E-state index in [4.69, 9.17) is 4.74 Å². The molecular weight excluding hydrogens is 344 g/mol. The second-order valence-corrected chi connectivity index (χ2v) is 6.39. The number of benzene rings is 2. The van der Waals surface area contributed by atoms with Crippen LogP contribution in [-0.2, 0) is 4.79 Å². The lowest BCUT2D eigenvalue weighted by atomic mass is 10.1. The molecule has 0 aliphatic carbocycles. The Hall–Kier alpha value is -3.15. The second kappa shape index (κ2) is 8.03. The van der Waals surface area contributed by atoms with E-state index in [1.165, 1.54) is 4.90 Å². The Morgan fingerprint density at radius 1 is 1.07 bits per heavy atom. The van der Waals surface area contributed by atoms with E-state index in [2.05, 4.69) is 5.32 Å². The lowest BCUT2D eigenvalue weighted by Gasteiger charge is -2.14. The zero-order chi connectivity index (χ0) is 19.4. The highest BCUT2D eigenvalue weighted by molar-refractivity contribution is 6.21. The number of ether oxygens (including phenoxy) is 1. The molecule has 1 N–H and O–H groups in total. The van der Waals surface area contributed by atoms with Crippen molar-refractivity contribution in [3.63, 3.8) is 0 Å². The van der Waals surface area contributed by atoms with Gasteiger partial charge in [-0.25, -0.2) is 0 Å². The summed E-state index contributed by atoms with van der Waals surface area (Å²) >= 11 is 0. The highest BCUT2D eigenvalue weighted by atomic mass is 16.5. The number of amides is 3. The van der Waals surface area contributed by atoms with E-state index in [9.17, 15) is 14.4 Å². The maximum absolute atomic E-state index is 12.4. The van der Waals surface area contributed by atoms with Gasteiger partial charge >= 0.3 is 0 Å². The molecule has 6 heteroatoms. The number of carbonyl (C=O) groups excluding carboxylic acids is 3. The van der Waals surface area contributed by atoms with Crippen LogP contribution in [0.15, 0.2) is 42.5 Å². The Balaban J connectivity index is 1.55. The van der Waals surface area contributed by atoms with Crippen LogP contribution in [0.4, 0.5) is 5.69 Å². The van der Waals surface area contributed by atoms with Crippen LogP contribution in [0.1, 0.15) is 46.0 Å². The van der Waals surface area contributed by atoms with Gasteiger partial charge in [0.2, 0.25) is 5.91 Å². The van der Waals surface area contributed by atoms with Gasteiger partial charge in [-0.15, -0.1) is 0 Å². The van der Waals surface area contributed by atoms with E-state index >= 15 is 0 Å². The summed E-state index contributed by atoms with van der Waals surface area (Å²) in [6, 6.07) is 12.4. The van der Waals surface area contributed by atoms with Crippen molar-refractivity contribution in [1.29, 1.82) is 0 Å². The van der Waals surface area contributed by atoms with Crippen molar-refractivity contribution in [3.8, 4) is 5.75 Å². The Labute approximate surface area is 158 Å². The molecule has 0 atom stereocenters. The average molecular weight is 366 g/mol. The fraction of sp³-hybridized carbons (Fsp3) is 0.286. The number of nitrogens with one attached hydrogen (secondary N) is 1. The summed E-state index contributed by atoms with van der Waals surface area (Å²) in [5.74, 6) is -0.156. The first-order valence-electron chi connectivity index (χ1n) is 8.99. The van der Waals surface area contributed by atoms with Crippen molar-refractivity contribution < 1.29 is 19.1 Å². The second-order valence-electron chi connectivity index (χ2n) is 6.39. The number of hydrogen-bond donors (Lipinski definition) is 1. The molecule has 0 spiro atoms. The number of para-hydroxylation sites is 2. The van der Waals surface area contributed by atoms with Crippen molar-refractivity contribution >= 4 is 23.4 Å². The number of fused-ring (bicyclic) bond motifs is 1. The Morgan fingerprint density at radius 3 is 2.59 bits per heavy atom. The zero-order valence-electron chi connectivity index (χ0n) is 15.5. The average Bonchev–Trinajstić information content (AvgIpc) is 2.88. The third-order valence-corrected chi connectivity index (χ3v) is 4.37. The minimum atomic E-state index is -0.294. The Morgan fingerprint density at radius 2 is 1.81 bits per heavy atom. The van der Waals surface area contributed by atoms with Gasteiger partial charge in [0.1, 0.15) is 5.75 Å². The molecule has 140 valence electrons. The molecule has 1 aliphatic heterocycles. The zero-order valence-corrected chi connectivity index (χ0v) is 15.5. The molecule has 0 fully saturated rings. The lowest BCUT2D eigenvalue weighted by molar-refractivity contribution is -0.116. The van der Waals surface area contributed by atoms with Crippen LogP contribution in [0.3, 0.4) is 0 Å². The first-order chi connectivity index (χ1) is 13.0. The molecule has 0 saturated carbocycles. The summed E-state index contributed by atoms with van der Waals surface area (Å²) in [6.07, 6.45) is 0.597. The van der Waals surface area contributed by atoms with Gasteiger partial charge in [-0.05, 0) is 44.5 Å². The maximum atomic E-state index is 12.4. The monoisotopic (exact) mass is 366 g/mol. The molecule has 1 heterocycles. The summed E-state index contributed by atoms with van der Waals surface area (Å²) in [7, 11) is 0. The lowest BCUT2D eigenvalue weighted by Crippen LogP contribution is -2.31. The molecule has 2 aromatic carbocycles. The van der Waals surface area contributed by atoms with Crippen LogP contribution in [0.2, 0.25) is 0 Å². The summed E-state index contributed by atoms with van der Waals surface area (Å²) in [4.78, 5) is 38.2. The quantitative estimate of drug-likeness (QED) is 0.762. The van der Waals surface area contributed by atoms with Crippen molar-refractivity contribution in [2.75, 3.05) is 18.5 Å². The van der Waals surface area contributed by atoms with Gasteiger partial charge in [0.25, 0.3) is 11.8 Å². The summed E-state index contributed by atoms with van der Waals surface area (Å²) in [5.41, 5.74) is 2.42. The van der Waals surface area contributed by atoms with E-state index in [1.807, 2.05) is 32.0 Å². The summed E-state index contributed by atoms with van der Waals surface area (Å²) in [6.45, 7) is 4.48. The maximum Gasteiger partial charge on any atom is 0.261 e. The van der Waals surface area contributed by atoms with Gasteiger partial charge < -0.3 is 10.1 Å². The standard InChI is InChI=1S/C21H22N2O4/c1-3-27-18-8-5-4-7-17(18)22-19(24)9-6-12-23-20(25)15-11-10-14(2)13-16(15)21(23)26/h4-5,7-8,10-11,13H,3,6,9,12H2,1-2H3,(H,22,24). The van der Waals surface area contributed by atoms with Crippen LogP contribution in [-0.4, -0.2) is 35.8 Å². The van der Waals surface area contributed by atoms with Gasteiger partial charge in [-0.3, -0.25) is 19.3 Å². The fourth-order valence-corrected chi connectivity index (χ4v) is 3.07. The predicted molar refractivity (Wildman–Crippen MR) is 102 cm³/mol. The minimum Gasteiger partial charge on any atom is -0.492 e. The number of aryl methyl sites for hydroxylation is 1. The van der Waals surface area contributed by atoms with E-state index in [0.717, 1.165) is 5.56 Å². The van der Waals surface area contributed by atoms with Crippen LogP contribution < -0.4 is 10.1 Å². The number of nitrogens with zero attached hydrogens (tertiary/aromatic N) is 1. The Bertz CT molecular complexity index is 892. The third kappa shape index (κ3) is 4.00. The highest BCUT2D eigenvalue weighted by Crippen LogP contribution is 2.25. The summed E-state index contributed by atoms with van der Waals surface area (Å²) in [5, 5.41) is 2.82. The highest BCUT2D eigenvalue weighted by Gasteiger charge is 2.34. The minimum absolute atomic E-state index is 0.186. The predicted octanol–water partition coefficient (Wildman–Crippen LogP) is 3.41. The van der Waals surface area contributed by atoms with Crippen LogP contribution in [0, 0.1) is 6.92 Å². The molecule has 6 nitrogen and oxygen atoms in total. The number of imide groups is 1. The van der Waals surface area contributed by atoms with Gasteiger partial charge in [0, 0.05) is 13.0 Å². The molecule has 0 aromatic heterocycles. The van der Waals surface area contributed by atoms with E-state index < -0.39 is 0 Å². The van der Waals surface area contributed by atoms with Gasteiger partial charge in [-0.1, -0.05) is 23.8 Å². The molecule has 3 amide bonds. The third-order valence-electron chi connectivity index (χ3n) is 4.37. The first-order valence-corrected chi connectivity index (χ1v) is 8.99. The SMILES string of the molecule is CCOc1ccccc1NC(=O)CCCN1C(=O)c2ccc(C)cc2C1=O. The topological polar surface area (TPSA) is 75.7 Å². The molecule has 0 saturated heterocycles. The van der Waals surface area contributed by atoms with Gasteiger partial charge in [0.05, 0.1) is 23.4 Å². The molecule has 0 unspecified atom stereocenters. The van der Waals surface area contributed by atoms with Crippen LogP contribution in [0.25, 0.3) is 0 Å². The summed E-state index contributed by atoms with van der Waals surface area (Å²) < 4.78 is 5.48. The number of hydrogen-bond acceptors (Lipinski definition) is 4. The van der Waals surface area contributed by atoms with Crippen molar-refractivity contribution in [2.24, 2.45) is 0 Å². The van der Waals surface area contributed by atoms with Gasteiger partial charge in [-0.2, -0.15) is 0 Å². The molecule has 2 aromatic rings. The molecule has 1 aliphatic rings. The molecule has 0 radical (unpaired) electrons. The number of rotatable bonds is 7. The van der Waals surface area contributed by atoms with Crippen molar-refractivity contribution in [3.05, 3.63) is 59.2 Å². The number of carbonyl (C=O) groups is 3. The molecule has 27 heavy (non-hydrogen) atoms. The van der Waals surface area contributed by atoms with Crippen molar-refractivity contribution in [1.82, 2.24) is 4.90 Å². The van der Waals surface area contributed by atoms with Crippen LogP contribution >= 0.6 is 0 Å².